The van der Waals surface area contributed by atoms with E-state index in [4.69, 9.17) is 0 Å². The highest BCUT2D eigenvalue weighted by Crippen LogP contribution is 2.49. The lowest BCUT2D eigenvalue weighted by Crippen LogP contribution is -1.84. The van der Waals surface area contributed by atoms with Crippen LogP contribution in [0.1, 0.15) is 126 Å². The first kappa shape index (κ1) is 33.3. The van der Waals surface area contributed by atoms with Crippen LogP contribution in [0.25, 0.3) is 19.5 Å². The minimum absolute atomic E-state index is 1.24. The highest BCUT2D eigenvalue weighted by atomic mass is 32.2. The van der Waals surface area contributed by atoms with Gasteiger partial charge in [0.15, 0.2) is 0 Å². The molecule has 0 nitrogen and oxygen atoms in total. The van der Waals surface area contributed by atoms with Gasteiger partial charge in [-0.1, -0.05) is 104 Å². The van der Waals surface area contributed by atoms with Crippen LogP contribution < -0.4 is 0 Å². The molecule has 0 amide bonds. The Balaban J connectivity index is 1.56. The second-order valence-electron chi connectivity index (χ2n) is 10.9. The topological polar surface area (TPSA) is 0 Å². The van der Waals surface area contributed by atoms with Gasteiger partial charge in [0.2, 0.25) is 0 Å². The molecule has 0 aromatic carbocycles. The number of unbranched alkanes of at least 4 members (excludes halogenated alkanes) is 14. The molecule has 5 heteroatoms. The van der Waals surface area contributed by atoms with Gasteiger partial charge < -0.3 is 0 Å². The Kier molecular flexibility index (Phi) is 16.9. The molecule has 0 radical (unpaired) electrons. The van der Waals surface area contributed by atoms with Crippen molar-refractivity contribution in [3.05, 3.63) is 34.0 Å². The lowest BCUT2D eigenvalue weighted by atomic mass is 10.1. The monoisotopic (exact) mass is 620 g/mol. The van der Waals surface area contributed by atoms with Crippen molar-refractivity contribution in [2.75, 3.05) is 11.5 Å². The van der Waals surface area contributed by atoms with Gasteiger partial charge in [-0.15, -0.1) is 57.5 Å². The third-order valence-corrected chi connectivity index (χ3v) is 13.3. The molecule has 3 heterocycles. The maximum atomic E-state index is 2.52. The van der Waals surface area contributed by atoms with Crippen molar-refractivity contribution in [1.29, 1.82) is 0 Å². The zero-order chi connectivity index (χ0) is 27.7. The minimum Gasteiger partial charge on any atom is -0.140 e. The van der Waals surface area contributed by atoms with E-state index in [-0.39, 0.29) is 0 Å². The third-order valence-electron chi connectivity index (χ3n) is 7.22. The fraction of sp³-hybridized carbons (Fsp3) is 0.647. The summed E-state index contributed by atoms with van der Waals surface area (Å²) in [6.45, 7) is 9.12. The molecule has 0 fully saturated rings. The summed E-state index contributed by atoms with van der Waals surface area (Å²) in [6, 6.07) is 9.59. The van der Waals surface area contributed by atoms with E-state index in [2.05, 4.69) is 75.5 Å². The van der Waals surface area contributed by atoms with E-state index < -0.39 is 0 Å². The number of thiophene rings is 3. The van der Waals surface area contributed by atoms with Gasteiger partial charge in [-0.05, 0) is 62.5 Å². The molecule has 0 saturated heterocycles. The summed E-state index contributed by atoms with van der Waals surface area (Å²) in [4.78, 5) is 11.8. The Morgan fingerprint density at radius 3 is 1.49 bits per heavy atom. The third kappa shape index (κ3) is 12.3. The minimum atomic E-state index is 1.24. The van der Waals surface area contributed by atoms with Gasteiger partial charge in [-0.25, -0.2) is 0 Å². The van der Waals surface area contributed by atoms with Crippen LogP contribution in [0.4, 0.5) is 0 Å². The number of hydrogen-bond acceptors (Lipinski definition) is 5. The first-order valence-electron chi connectivity index (χ1n) is 15.7. The van der Waals surface area contributed by atoms with Gasteiger partial charge in [0.1, 0.15) is 0 Å². The molecule has 0 saturated carbocycles. The molecule has 3 aromatic rings. The Morgan fingerprint density at radius 1 is 0.487 bits per heavy atom. The van der Waals surface area contributed by atoms with Crippen molar-refractivity contribution in [3.63, 3.8) is 0 Å². The predicted molar refractivity (Wildman–Crippen MR) is 187 cm³/mol. The molecule has 0 aliphatic heterocycles. The quantitative estimate of drug-likeness (QED) is 0.0809. The van der Waals surface area contributed by atoms with E-state index >= 15 is 0 Å². The Hall–Kier alpha value is -0.200. The van der Waals surface area contributed by atoms with Crippen LogP contribution in [-0.4, -0.2) is 11.5 Å². The maximum absolute atomic E-state index is 2.52. The fourth-order valence-electron chi connectivity index (χ4n) is 4.93. The predicted octanol–water partition coefficient (Wildman–Crippen LogP) is 14.3. The normalized spacial score (nSPS) is 11.6. The summed E-state index contributed by atoms with van der Waals surface area (Å²) in [6.07, 6.45) is 22.3. The summed E-state index contributed by atoms with van der Waals surface area (Å²) in [5.74, 6) is 2.49. The van der Waals surface area contributed by atoms with Crippen molar-refractivity contribution in [2.45, 2.75) is 140 Å². The number of thioether (sulfide) groups is 2. The lowest BCUT2D eigenvalue weighted by Gasteiger charge is -2.03. The van der Waals surface area contributed by atoms with Crippen molar-refractivity contribution in [3.8, 4) is 19.5 Å². The van der Waals surface area contributed by atoms with Crippen molar-refractivity contribution >= 4 is 57.5 Å². The second kappa shape index (κ2) is 19.8. The van der Waals surface area contributed by atoms with Crippen LogP contribution in [0.3, 0.4) is 0 Å². The van der Waals surface area contributed by atoms with E-state index in [0.29, 0.717) is 0 Å². The largest absolute Gasteiger partial charge is 0.140 e. The van der Waals surface area contributed by atoms with E-state index in [9.17, 15) is 0 Å². The molecule has 0 N–H and O–H groups in total. The van der Waals surface area contributed by atoms with Gasteiger partial charge in [-0.3, -0.25) is 0 Å². The molecule has 0 aliphatic carbocycles. The number of rotatable bonds is 22. The van der Waals surface area contributed by atoms with Gasteiger partial charge in [0, 0.05) is 29.3 Å². The zero-order valence-electron chi connectivity index (χ0n) is 25.1. The SMILES string of the molecule is CCCCCCCCCCSc1cc(C)sc1-c1cc(SCCCCCCCCCC)c(-c2ccc(C)s2)s1. The van der Waals surface area contributed by atoms with Crippen LogP contribution in [0.15, 0.2) is 34.1 Å². The summed E-state index contributed by atoms with van der Waals surface area (Å²) in [5.41, 5.74) is 0. The molecule has 0 unspecified atom stereocenters. The molecule has 3 aromatic heterocycles. The molecule has 0 aliphatic rings. The van der Waals surface area contributed by atoms with E-state index in [1.165, 1.54) is 153 Å². The van der Waals surface area contributed by atoms with Crippen molar-refractivity contribution < 1.29 is 0 Å². The van der Waals surface area contributed by atoms with Crippen LogP contribution in [0, 0.1) is 13.8 Å². The standard InChI is InChI=1S/C34H52S5/c1-5-7-9-11-13-15-17-19-23-35-30-25-28(4)38-34(30)32-26-31(33(39-32)29-22-21-27(3)37-29)36-24-20-18-16-14-12-10-8-6-2/h21-22,25-26H,5-20,23-24H2,1-4H3. The molecule has 0 bridgehead atoms. The molecule has 3 rings (SSSR count). The van der Waals surface area contributed by atoms with Gasteiger partial charge in [0.25, 0.3) is 0 Å². The van der Waals surface area contributed by atoms with Crippen LogP contribution in [0.5, 0.6) is 0 Å². The molecule has 39 heavy (non-hydrogen) atoms. The summed E-state index contributed by atoms with van der Waals surface area (Å²) >= 11 is 10.2. The number of hydrogen-bond donors (Lipinski definition) is 0. The van der Waals surface area contributed by atoms with E-state index in [1.54, 1.807) is 0 Å². The summed E-state index contributed by atoms with van der Waals surface area (Å²) in [7, 11) is 0. The highest BCUT2D eigenvalue weighted by molar-refractivity contribution is 8.00. The molecular weight excluding hydrogens is 569 g/mol. The summed E-state index contributed by atoms with van der Waals surface area (Å²) < 4.78 is 0. The first-order valence-corrected chi connectivity index (χ1v) is 20.1. The zero-order valence-corrected chi connectivity index (χ0v) is 29.2. The average molecular weight is 621 g/mol. The second-order valence-corrected chi connectivity index (χ2v) is 16.8. The summed E-state index contributed by atoms with van der Waals surface area (Å²) in [5, 5.41) is 0. The van der Waals surface area contributed by atoms with Crippen LogP contribution in [-0.2, 0) is 0 Å². The van der Waals surface area contributed by atoms with Crippen molar-refractivity contribution in [1.82, 2.24) is 0 Å². The maximum Gasteiger partial charge on any atom is 0.0585 e. The Morgan fingerprint density at radius 2 is 0.974 bits per heavy atom. The molecule has 0 atom stereocenters. The molecule has 0 spiro atoms. The van der Waals surface area contributed by atoms with E-state index in [1.807, 2.05) is 34.0 Å². The molecular formula is C34H52S5. The lowest BCUT2D eigenvalue weighted by molar-refractivity contribution is 0.586. The highest BCUT2D eigenvalue weighted by Gasteiger charge is 2.18. The average Bonchev–Trinajstić information content (AvgIpc) is 3.64. The van der Waals surface area contributed by atoms with Gasteiger partial charge in [0.05, 0.1) is 9.75 Å². The van der Waals surface area contributed by atoms with Crippen LogP contribution >= 0.6 is 57.5 Å². The fourth-order valence-corrected chi connectivity index (χ4v) is 11.0. The van der Waals surface area contributed by atoms with Crippen LogP contribution in [0.2, 0.25) is 0 Å². The Labute approximate surface area is 261 Å². The van der Waals surface area contributed by atoms with Crippen molar-refractivity contribution in [2.24, 2.45) is 0 Å². The molecule has 218 valence electrons. The smallest absolute Gasteiger partial charge is 0.0585 e. The van der Waals surface area contributed by atoms with Gasteiger partial charge >= 0.3 is 0 Å². The van der Waals surface area contributed by atoms with E-state index in [0.717, 1.165) is 0 Å². The number of aryl methyl sites for hydroxylation is 2. The first-order chi connectivity index (χ1) is 19.1. The van der Waals surface area contributed by atoms with Gasteiger partial charge in [-0.2, -0.15) is 0 Å². The Bertz CT molecular complexity index is 1040.